The van der Waals surface area contributed by atoms with Gasteiger partial charge in [-0.15, -0.1) is 0 Å². The van der Waals surface area contributed by atoms with Crippen molar-refractivity contribution in [3.05, 3.63) is 98.6 Å². The second-order valence-corrected chi connectivity index (χ2v) is 9.47. The number of rotatable bonds is 8. The maximum absolute atomic E-state index is 12.7. The maximum Gasteiger partial charge on any atom is 0.266 e. The van der Waals surface area contributed by atoms with Crippen LogP contribution in [0.25, 0.3) is 16.8 Å². The molecule has 0 saturated carbocycles. The van der Waals surface area contributed by atoms with E-state index in [9.17, 15) is 15.2 Å². The molecule has 6 nitrogen and oxygen atoms in total. The Balaban J connectivity index is 1.61. The van der Waals surface area contributed by atoms with Crippen LogP contribution in [0.2, 0.25) is 0 Å². The normalized spacial score (nSPS) is 11.1. The number of phenolic OH excluding ortho intramolecular Hbond substituents is 1. The summed E-state index contributed by atoms with van der Waals surface area (Å²) in [5.41, 5.74) is 3.30. The molecule has 0 fully saturated rings. The van der Waals surface area contributed by atoms with E-state index in [0.717, 1.165) is 25.5 Å². The van der Waals surface area contributed by atoms with Crippen molar-refractivity contribution >= 4 is 51.0 Å². The number of benzene rings is 4. The number of carbonyl (C=O) groups excluding carboxylic acids is 1. The first kappa shape index (κ1) is 26.0. The lowest BCUT2D eigenvalue weighted by atomic mass is 10.0. The Hall–Kier alpha value is -4.03. The third-order valence-electron chi connectivity index (χ3n) is 5.77. The summed E-state index contributed by atoms with van der Waals surface area (Å²) < 4.78 is 13.0. The van der Waals surface area contributed by atoms with Crippen LogP contribution >= 0.6 is 22.6 Å². The molecule has 1 amide bonds. The molecule has 4 rings (SSSR count). The van der Waals surface area contributed by atoms with Crippen molar-refractivity contribution in [2.45, 2.75) is 20.5 Å². The lowest BCUT2D eigenvalue weighted by Gasteiger charge is -2.17. The number of anilines is 1. The van der Waals surface area contributed by atoms with E-state index in [0.29, 0.717) is 36.0 Å². The first-order valence-corrected chi connectivity index (χ1v) is 12.8. The van der Waals surface area contributed by atoms with Crippen molar-refractivity contribution in [1.82, 2.24) is 0 Å². The molecule has 4 aromatic rings. The summed E-state index contributed by atoms with van der Waals surface area (Å²) >= 11 is 2.18. The van der Waals surface area contributed by atoms with E-state index in [1.54, 1.807) is 18.2 Å². The van der Waals surface area contributed by atoms with Crippen LogP contribution in [-0.4, -0.2) is 17.6 Å². The number of hydrogen-bond acceptors (Lipinski definition) is 5. The third-order valence-corrected chi connectivity index (χ3v) is 6.57. The molecule has 0 aliphatic rings. The van der Waals surface area contributed by atoms with Gasteiger partial charge in [0.2, 0.25) is 0 Å². The maximum atomic E-state index is 12.7. The highest BCUT2D eigenvalue weighted by Crippen LogP contribution is 2.36. The van der Waals surface area contributed by atoms with Crippen molar-refractivity contribution < 1.29 is 19.4 Å². The lowest BCUT2D eigenvalue weighted by molar-refractivity contribution is -0.112. The van der Waals surface area contributed by atoms with E-state index >= 15 is 0 Å². The summed E-state index contributed by atoms with van der Waals surface area (Å²) in [6.07, 6.45) is 1.51. The first-order valence-electron chi connectivity index (χ1n) is 11.7. The molecule has 0 saturated heterocycles. The number of nitriles is 1. The molecular formula is C30H25IN2O4. The fourth-order valence-corrected chi connectivity index (χ4v) is 4.69. The zero-order chi connectivity index (χ0) is 26.4. The third kappa shape index (κ3) is 6.22. The van der Waals surface area contributed by atoms with Crippen molar-refractivity contribution in [1.29, 1.82) is 5.26 Å². The van der Waals surface area contributed by atoms with Crippen molar-refractivity contribution in [3.8, 4) is 23.3 Å². The molecule has 0 atom stereocenters. The van der Waals surface area contributed by atoms with E-state index in [2.05, 4.69) is 59.1 Å². The average molecular weight is 604 g/mol. The van der Waals surface area contributed by atoms with Crippen molar-refractivity contribution in [2.75, 3.05) is 11.9 Å². The minimum atomic E-state index is -0.548. The van der Waals surface area contributed by atoms with E-state index in [1.807, 2.05) is 31.2 Å². The van der Waals surface area contributed by atoms with Crippen molar-refractivity contribution in [3.63, 3.8) is 0 Å². The number of aromatic hydroxyl groups is 1. The van der Waals surface area contributed by atoms with Gasteiger partial charge < -0.3 is 19.9 Å². The molecular weight excluding hydrogens is 579 g/mol. The standard InChI is InChI=1S/C30H25IN2O4/c1-3-36-28-16-20(14-22(17-32)30(35)33-23-10-12-24(34)13-11-23)15-27(31)29(28)37-18-26-19(2)8-9-21-6-4-5-7-25(21)26/h4-16,34H,3,18H2,1-2H3,(H,33,35)/b22-14+. The van der Waals surface area contributed by atoms with Crippen LogP contribution in [-0.2, 0) is 11.4 Å². The van der Waals surface area contributed by atoms with Crippen LogP contribution in [0.4, 0.5) is 5.69 Å². The summed E-state index contributed by atoms with van der Waals surface area (Å²) in [5, 5.41) is 24.0. The minimum Gasteiger partial charge on any atom is -0.508 e. The van der Waals surface area contributed by atoms with Gasteiger partial charge in [0.1, 0.15) is 24.0 Å². The number of amides is 1. The summed E-state index contributed by atoms with van der Waals surface area (Å²) in [6.45, 7) is 4.76. The van der Waals surface area contributed by atoms with Gasteiger partial charge in [0.15, 0.2) is 11.5 Å². The van der Waals surface area contributed by atoms with E-state index < -0.39 is 5.91 Å². The molecule has 37 heavy (non-hydrogen) atoms. The monoisotopic (exact) mass is 604 g/mol. The van der Waals surface area contributed by atoms with Crippen LogP contribution in [0.3, 0.4) is 0 Å². The lowest BCUT2D eigenvalue weighted by Crippen LogP contribution is -2.13. The second kappa shape index (κ2) is 11.8. The van der Waals surface area contributed by atoms with Gasteiger partial charge in [0.25, 0.3) is 5.91 Å². The Morgan fingerprint density at radius 2 is 1.84 bits per heavy atom. The molecule has 186 valence electrons. The molecule has 7 heteroatoms. The molecule has 0 heterocycles. The molecule has 2 N–H and O–H groups in total. The highest BCUT2D eigenvalue weighted by atomic mass is 127. The summed E-state index contributed by atoms with van der Waals surface area (Å²) in [4.78, 5) is 12.7. The predicted octanol–water partition coefficient (Wildman–Crippen LogP) is 6.98. The number of hydrogen-bond donors (Lipinski definition) is 2. The Kier molecular flexibility index (Phi) is 8.31. The fourth-order valence-electron chi connectivity index (χ4n) is 3.91. The summed E-state index contributed by atoms with van der Waals surface area (Å²) in [7, 11) is 0. The largest absolute Gasteiger partial charge is 0.508 e. The number of nitrogens with zero attached hydrogens (tertiary/aromatic N) is 1. The fraction of sp³-hybridized carbons (Fsp3) is 0.133. The molecule has 4 aromatic carbocycles. The smallest absolute Gasteiger partial charge is 0.266 e. The van der Waals surface area contributed by atoms with E-state index in [-0.39, 0.29) is 11.3 Å². The number of carbonyl (C=O) groups is 1. The Labute approximate surface area is 229 Å². The SMILES string of the molecule is CCOc1cc(/C=C(\C#N)C(=O)Nc2ccc(O)cc2)cc(I)c1OCc1c(C)ccc2ccccc12. The summed E-state index contributed by atoms with van der Waals surface area (Å²) in [6, 6.07) is 24.0. The number of fused-ring (bicyclic) bond motifs is 1. The number of nitrogens with one attached hydrogen (secondary N) is 1. The number of ether oxygens (including phenoxy) is 2. The van der Waals surface area contributed by atoms with Crippen LogP contribution < -0.4 is 14.8 Å². The van der Waals surface area contributed by atoms with Gasteiger partial charge in [-0.25, -0.2) is 0 Å². The van der Waals surface area contributed by atoms with Crippen LogP contribution in [0, 0.1) is 21.8 Å². The van der Waals surface area contributed by atoms with Crippen molar-refractivity contribution in [2.24, 2.45) is 0 Å². The van der Waals surface area contributed by atoms with Gasteiger partial charge in [-0.3, -0.25) is 4.79 Å². The zero-order valence-electron chi connectivity index (χ0n) is 20.4. The first-order chi connectivity index (χ1) is 17.9. The quantitative estimate of drug-likeness (QED) is 0.0980. The zero-order valence-corrected chi connectivity index (χ0v) is 22.6. The highest BCUT2D eigenvalue weighted by Gasteiger charge is 2.16. The van der Waals surface area contributed by atoms with E-state index in [4.69, 9.17) is 9.47 Å². The van der Waals surface area contributed by atoms with Crippen LogP contribution in [0.1, 0.15) is 23.6 Å². The van der Waals surface area contributed by atoms with Crippen LogP contribution in [0.5, 0.6) is 17.2 Å². The number of aryl methyl sites for hydroxylation is 1. The molecule has 0 spiro atoms. The minimum absolute atomic E-state index is 0.0635. The number of phenols is 1. The molecule has 0 aliphatic carbocycles. The average Bonchev–Trinajstić information content (AvgIpc) is 2.89. The van der Waals surface area contributed by atoms with Gasteiger partial charge in [0, 0.05) is 11.3 Å². The Morgan fingerprint density at radius 1 is 1.08 bits per heavy atom. The molecule has 0 aliphatic heterocycles. The molecule has 0 aromatic heterocycles. The molecule has 0 unspecified atom stereocenters. The van der Waals surface area contributed by atoms with Gasteiger partial charge in [-0.1, -0.05) is 36.4 Å². The second-order valence-electron chi connectivity index (χ2n) is 8.30. The Bertz CT molecular complexity index is 1520. The van der Waals surface area contributed by atoms with E-state index in [1.165, 1.54) is 18.2 Å². The van der Waals surface area contributed by atoms with Crippen LogP contribution in [0.15, 0.2) is 78.4 Å². The number of halogens is 1. The summed E-state index contributed by atoms with van der Waals surface area (Å²) in [5.74, 6) is 0.687. The van der Waals surface area contributed by atoms with Gasteiger partial charge >= 0.3 is 0 Å². The molecule has 0 radical (unpaired) electrons. The molecule has 0 bridgehead atoms. The topological polar surface area (TPSA) is 91.6 Å². The Morgan fingerprint density at radius 3 is 2.57 bits per heavy atom. The van der Waals surface area contributed by atoms with Gasteiger partial charge in [0.05, 0.1) is 10.2 Å². The van der Waals surface area contributed by atoms with Gasteiger partial charge in [-0.05, 0) is 101 Å². The van der Waals surface area contributed by atoms with Gasteiger partial charge in [-0.2, -0.15) is 5.26 Å². The highest BCUT2D eigenvalue weighted by molar-refractivity contribution is 14.1. The predicted molar refractivity (Wildman–Crippen MR) is 154 cm³/mol.